The molecule has 2 atom stereocenters. The largest absolute Gasteiger partial charge is 0.433 e. The highest BCUT2D eigenvalue weighted by Crippen LogP contribution is 2.45. The number of ether oxygens (including phenoxy) is 3. The summed E-state index contributed by atoms with van der Waals surface area (Å²) in [6, 6.07) is 19.3. The summed E-state index contributed by atoms with van der Waals surface area (Å²) in [5.41, 5.74) is 2.02. The predicted octanol–water partition coefficient (Wildman–Crippen LogP) is 4.86. The van der Waals surface area contributed by atoms with Crippen molar-refractivity contribution >= 4 is 6.09 Å². The summed E-state index contributed by atoms with van der Waals surface area (Å²) in [5.74, 6) is -0.462. The number of carbonyl (C=O) groups excluding carboxylic acids is 1. The maximum Gasteiger partial charge on any atom is 0.416 e. The molecule has 28 heavy (non-hydrogen) atoms. The van der Waals surface area contributed by atoms with E-state index in [2.05, 4.69) is 0 Å². The van der Waals surface area contributed by atoms with Crippen molar-refractivity contribution in [1.82, 2.24) is 4.90 Å². The highest BCUT2D eigenvalue weighted by atomic mass is 16.9. The Kier molecular flexibility index (Phi) is 4.85. The van der Waals surface area contributed by atoms with Gasteiger partial charge in [0, 0.05) is 13.0 Å². The smallest absolute Gasteiger partial charge is 0.416 e. The molecule has 2 aromatic carbocycles. The summed E-state index contributed by atoms with van der Waals surface area (Å²) in [7, 11) is 1.52. The zero-order chi connectivity index (χ0) is 19.7. The van der Waals surface area contributed by atoms with Gasteiger partial charge in [-0.1, -0.05) is 74.5 Å². The van der Waals surface area contributed by atoms with E-state index in [4.69, 9.17) is 14.2 Å². The SMILES string of the molecule is COC12OC(=O)N(C(c3ccccc3)c3ccccc3)C1CC=C(C(C)C)O2. The number of hydrogen-bond acceptors (Lipinski definition) is 4. The Morgan fingerprint density at radius 1 is 1.00 bits per heavy atom. The van der Waals surface area contributed by atoms with Crippen LogP contribution < -0.4 is 0 Å². The summed E-state index contributed by atoms with van der Waals surface area (Å²) < 4.78 is 17.5. The fraction of sp³-hybridized carbons (Fsp3) is 0.348. The molecule has 1 amide bonds. The van der Waals surface area contributed by atoms with E-state index in [0.717, 1.165) is 16.9 Å². The number of fused-ring (bicyclic) bond motifs is 1. The lowest BCUT2D eigenvalue weighted by Crippen LogP contribution is -2.51. The molecule has 2 heterocycles. The van der Waals surface area contributed by atoms with Crippen LogP contribution in [0.3, 0.4) is 0 Å². The van der Waals surface area contributed by atoms with Gasteiger partial charge in [-0.2, -0.15) is 0 Å². The maximum atomic E-state index is 13.1. The van der Waals surface area contributed by atoms with E-state index in [1.54, 1.807) is 4.90 Å². The van der Waals surface area contributed by atoms with E-state index in [1.807, 2.05) is 80.6 Å². The lowest BCUT2D eigenvalue weighted by atomic mass is 9.94. The summed E-state index contributed by atoms with van der Waals surface area (Å²) >= 11 is 0. The van der Waals surface area contributed by atoms with Crippen LogP contribution in [0.5, 0.6) is 0 Å². The fourth-order valence-corrected chi connectivity index (χ4v) is 3.96. The van der Waals surface area contributed by atoms with Crippen molar-refractivity contribution in [2.45, 2.75) is 38.3 Å². The van der Waals surface area contributed by atoms with Crippen molar-refractivity contribution in [2.75, 3.05) is 7.11 Å². The molecule has 2 unspecified atom stereocenters. The quantitative estimate of drug-likeness (QED) is 0.745. The van der Waals surface area contributed by atoms with Gasteiger partial charge in [0.25, 0.3) is 0 Å². The van der Waals surface area contributed by atoms with Gasteiger partial charge in [-0.3, -0.25) is 4.90 Å². The molecule has 0 bridgehead atoms. The Morgan fingerprint density at radius 2 is 1.57 bits per heavy atom. The van der Waals surface area contributed by atoms with Crippen molar-refractivity contribution in [1.29, 1.82) is 0 Å². The standard InChI is InChI=1S/C23H25NO4/c1-16(2)19-14-15-20-23(26-3,27-19)28-22(25)24(20)21(17-10-6-4-7-11-17)18-12-8-5-9-13-18/h4-14,16,20-21H,15H2,1-3H3. The van der Waals surface area contributed by atoms with Crippen LogP contribution in [0.25, 0.3) is 0 Å². The van der Waals surface area contributed by atoms with Crippen LogP contribution in [0.1, 0.15) is 37.4 Å². The minimum atomic E-state index is -1.42. The van der Waals surface area contributed by atoms with Gasteiger partial charge in [0.1, 0.15) is 11.8 Å². The third kappa shape index (κ3) is 3.06. The van der Waals surface area contributed by atoms with E-state index in [1.165, 1.54) is 7.11 Å². The second-order valence-corrected chi connectivity index (χ2v) is 7.42. The first kappa shape index (κ1) is 18.6. The van der Waals surface area contributed by atoms with Crippen molar-refractivity contribution < 1.29 is 19.0 Å². The minimum Gasteiger partial charge on any atom is -0.433 e. The van der Waals surface area contributed by atoms with Crippen LogP contribution in [0, 0.1) is 5.92 Å². The Labute approximate surface area is 165 Å². The van der Waals surface area contributed by atoms with Crippen LogP contribution >= 0.6 is 0 Å². The molecule has 0 spiro atoms. The molecule has 1 fully saturated rings. The lowest BCUT2D eigenvalue weighted by molar-refractivity contribution is -0.334. The number of allylic oxidation sites excluding steroid dienone is 1. The Balaban J connectivity index is 1.80. The van der Waals surface area contributed by atoms with Crippen molar-refractivity contribution in [3.8, 4) is 0 Å². The van der Waals surface area contributed by atoms with Gasteiger partial charge in [0.05, 0.1) is 6.04 Å². The molecular formula is C23H25NO4. The van der Waals surface area contributed by atoms with Gasteiger partial charge in [-0.05, 0) is 23.6 Å². The van der Waals surface area contributed by atoms with Gasteiger partial charge in [-0.15, -0.1) is 0 Å². The average molecular weight is 379 g/mol. The monoisotopic (exact) mass is 379 g/mol. The van der Waals surface area contributed by atoms with Gasteiger partial charge in [-0.25, -0.2) is 4.79 Å². The van der Waals surface area contributed by atoms with E-state index in [0.29, 0.717) is 6.42 Å². The zero-order valence-corrected chi connectivity index (χ0v) is 16.4. The topological polar surface area (TPSA) is 48.0 Å². The summed E-state index contributed by atoms with van der Waals surface area (Å²) in [6.07, 6.45) is 2.20. The maximum absolute atomic E-state index is 13.1. The molecule has 1 saturated heterocycles. The molecule has 2 aliphatic rings. The zero-order valence-electron chi connectivity index (χ0n) is 16.4. The molecule has 2 aromatic rings. The molecule has 0 N–H and O–H groups in total. The highest BCUT2D eigenvalue weighted by Gasteiger charge is 2.61. The number of carbonyl (C=O) groups is 1. The molecule has 0 aliphatic carbocycles. The van der Waals surface area contributed by atoms with Gasteiger partial charge in [0.15, 0.2) is 0 Å². The fourth-order valence-electron chi connectivity index (χ4n) is 3.96. The first-order chi connectivity index (χ1) is 13.6. The number of benzene rings is 2. The van der Waals surface area contributed by atoms with Crippen LogP contribution in [-0.2, 0) is 14.2 Å². The average Bonchev–Trinajstić information content (AvgIpc) is 3.02. The molecular weight excluding hydrogens is 354 g/mol. The first-order valence-electron chi connectivity index (χ1n) is 9.61. The minimum absolute atomic E-state index is 0.180. The van der Waals surface area contributed by atoms with Crippen LogP contribution in [0.4, 0.5) is 4.79 Å². The molecule has 146 valence electrons. The molecule has 5 nitrogen and oxygen atoms in total. The van der Waals surface area contributed by atoms with Crippen molar-refractivity contribution in [3.05, 3.63) is 83.6 Å². The molecule has 0 saturated carbocycles. The Morgan fingerprint density at radius 3 is 2.07 bits per heavy atom. The number of hydrogen-bond donors (Lipinski definition) is 0. The summed E-state index contributed by atoms with van der Waals surface area (Å²) in [4.78, 5) is 14.8. The second kappa shape index (κ2) is 7.32. The van der Waals surface area contributed by atoms with E-state index < -0.39 is 18.1 Å². The highest BCUT2D eigenvalue weighted by molar-refractivity contribution is 5.73. The molecule has 0 radical (unpaired) electrons. The number of nitrogens with zero attached hydrogens (tertiary/aromatic N) is 1. The summed E-state index contributed by atoms with van der Waals surface area (Å²) in [6.45, 7) is 4.08. The second-order valence-electron chi connectivity index (χ2n) is 7.42. The normalized spacial score (nSPS) is 24.0. The van der Waals surface area contributed by atoms with Crippen molar-refractivity contribution in [3.63, 3.8) is 0 Å². The number of rotatable bonds is 5. The van der Waals surface area contributed by atoms with Crippen LogP contribution in [0.15, 0.2) is 72.5 Å². The van der Waals surface area contributed by atoms with Gasteiger partial charge in [0.2, 0.25) is 0 Å². The number of amides is 1. The Hall–Kier alpha value is -2.79. The van der Waals surface area contributed by atoms with Crippen molar-refractivity contribution in [2.24, 2.45) is 5.92 Å². The third-order valence-electron chi connectivity index (χ3n) is 5.35. The van der Waals surface area contributed by atoms with Crippen LogP contribution in [-0.4, -0.2) is 30.1 Å². The summed E-state index contributed by atoms with van der Waals surface area (Å²) in [5, 5.41) is 0. The number of methoxy groups -OCH3 is 1. The first-order valence-corrected chi connectivity index (χ1v) is 9.61. The van der Waals surface area contributed by atoms with Gasteiger partial charge < -0.3 is 14.2 Å². The Bertz CT molecular complexity index is 825. The predicted molar refractivity (Wildman–Crippen MR) is 105 cm³/mol. The molecule has 0 aromatic heterocycles. The van der Waals surface area contributed by atoms with Gasteiger partial charge >= 0.3 is 12.1 Å². The van der Waals surface area contributed by atoms with E-state index in [-0.39, 0.29) is 12.0 Å². The molecule has 5 heteroatoms. The van der Waals surface area contributed by atoms with E-state index >= 15 is 0 Å². The van der Waals surface area contributed by atoms with E-state index in [9.17, 15) is 4.79 Å². The third-order valence-corrected chi connectivity index (χ3v) is 5.35. The lowest BCUT2D eigenvalue weighted by Gasteiger charge is -2.39. The van der Waals surface area contributed by atoms with Crippen LogP contribution in [0.2, 0.25) is 0 Å². The molecule has 2 aliphatic heterocycles. The molecule has 4 rings (SSSR count).